The van der Waals surface area contributed by atoms with E-state index in [-0.39, 0.29) is 5.75 Å². The summed E-state index contributed by atoms with van der Waals surface area (Å²) in [4.78, 5) is 12.8. The molecular weight excluding hydrogens is 499 g/mol. The number of nitrogens with one attached hydrogen (secondary N) is 1. The normalized spacial score (nSPS) is 13.4. The van der Waals surface area contributed by atoms with Crippen LogP contribution in [0.4, 0.5) is 13.2 Å². The van der Waals surface area contributed by atoms with Crippen LogP contribution in [0.3, 0.4) is 0 Å². The van der Waals surface area contributed by atoms with Crippen molar-refractivity contribution in [3.63, 3.8) is 0 Å². The second-order valence-corrected chi connectivity index (χ2v) is 10.1. The fourth-order valence-electron chi connectivity index (χ4n) is 4.80. The molecule has 0 unspecified atom stereocenters. The Balaban J connectivity index is 1.53. The van der Waals surface area contributed by atoms with E-state index in [0.717, 1.165) is 27.8 Å². The molecule has 0 spiro atoms. The summed E-state index contributed by atoms with van der Waals surface area (Å²) in [6, 6.07) is 20.6. The van der Waals surface area contributed by atoms with Crippen LogP contribution in [0.5, 0.6) is 5.75 Å². The average Bonchev–Trinajstić information content (AvgIpc) is 3.48. The second-order valence-electron chi connectivity index (χ2n) is 8.82. The smallest absolute Gasteiger partial charge is 0.422 e. The van der Waals surface area contributed by atoms with Crippen molar-refractivity contribution in [1.82, 2.24) is 15.0 Å². The van der Waals surface area contributed by atoms with E-state index in [0.29, 0.717) is 38.8 Å². The van der Waals surface area contributed by atoms with E-state index < -0.39 is 23.6 Å². The first-order valence-electron chi connectivity index (χ1n) is 11.6. The Hall–Kier alpha value is -3.98. The van der Waals surface area contributed by atoms with Gasteiger partial charge in [-0.3, -0.25) is 4.98 Å². The summed E-state index contributed by atoms with van der Waals surface area (Å²) in [6.45, 7) is 0.248. The van der Waals surface area contributed by atoms with Gasteiger partial charge in [0.25, 0.3) is 0 Å². The molecular formula is C28H20F3N3O2S. The molecule has 6 rings (SSSR count). The molecule has 2 heterocycles. The average molecular weight is 520 g/mol. The third-order valence-electron chi connectivity index (χ3n) is 6.46. The number of aromatic nitrogens is 3. The van der Waals surface area contributed by atoms with Crippen molar-refractivity contribution in [2.45, 2.75) is 29.6 Å². The lowest BCUT2D eigenvalue weighted by Crippen LogP contribution is -2.19. The number of alkyl halides is 3. The Bertz CT molecular complexity index is 1660. The zero-order valence-corrected chi connectivity index (χ0v) is 20.4. The molecule has 0 radical (unpaired) electrons. The highest BCUT2D eigenvalue weighted by Gasteiger charge is 2.31. The standard InChI is InChI=1S/C28H20F3N3O2S/c1-16-24(36-15-28(29,30)31)12-13-32-25(16)20-11-10-19-18-7-3-2-6-17(18)14-21(19)26(20)37(35)27-33-22-8-4-5-9-23(22)34-27/h2-13H,14-15H2,1H3,(H,33,34)/t37-/m1/s1. The van der Waals surface area contributed by atoms with E-state index in [9.17, 15) is 17.4 Å². The summed E-state index contributed by atoms with van der Waals surface area (Å²) in [6.07, 6.45) is -2.49. The zero-order chi connectivity index (χ0) is 25.7. The monoisotopic (exact) mass is 519 g/mol. The lowest BCUT2D eigenvalue weighted by molar-refractivity contribution is -0.153. The molecule has 0 saturated heterocycles. The van der Waals surface area contributed by atoms with Crippen LogP contribution in [0, 0.1) is 6.92 Å². The topological polar surface area (TPSA) is 67.9 Å². The van der Waals surface area contributed by atoms with Gasteiger partial charge in [-0.25, -0.2) is 9.19 Å². The van der Waals surface area contributed by atoms with Crippen LogP contribution in [-0.2, 0) is 17.2 Å². The first-order valence-corrected chi connectivity index (χ1v) is 12.7. The Morgan fingerprint density at radius 1 is 0.973 bits per heavy atom. The number of fused-ring (bicyclic) bond motifs is 4. The fraction of sp³-hybridized carbons (Fsp3) is 0.143. The zero-order valence-electron chi connectivity index (χ0n) is 19.6. The van der Waals surface area contributed by atoms with Crippen molar-refractivity contribution in [1.29, 1.82) is 0 Å². The summed E-state index contributed by atoms with van der Waals surface area (Å²) in [5, 5.41) is 0.300. The van der Waals surface area contributed by atoms with Gasteiger partial charge in [-0.15, -0.1) is 0 Å². The highest BCUT2D eigenvalue weighted by atomic mass is 32.2. The van der Waals surface area contributed by atoms with Gasteiger partial charge in [-0.05, 0) is 53.8 Å². The van der Waals surface area contributed by atoms with Crippen LogP contribution in [0.2, 0.25) is 0 Å². The Kier molecular flexibility index (Phi) is 5.60. The number of H-pyrrole nitrogens is 1. The van der Waals surface area contributed by atoms with Crippen LogP contribution < -0.4 is 4.74 Å². The number of nitrogens with zero attached hydrogens (tertiary/aromatic N) is 2. The summed E-state index contributed by atoms with van der Waals surface area (Å²) in [5.41, 5.74) is 6.92. The molecule has 0 saturated carbocycles. The number of imidazole rings is 1. The number of aromatic amines is 1. The molecule has 0 amide bonds. The van der Waals surface area contributed by atoms with Gasteiger partial charge in [0.05, 0.1) is 21.6 Å². The van der Waals surface area contributed by atoms with Gasteiger partial charge in [0.1, 0.15) is 16.5 Å². The number of benzene rings is 3. The first kappa shape index (κ1) is 23.4. The van der Waals surface area contributed by atoms with Gasteiger partial charge in [0.2, 0.25) is 5.16 Å². The lowest BCUT2D eigenvalue weighted by Gasteiger charge is -2.17. The predicted molar refractivity (Wildman–Crippen MR) is 135 cm³/mol. The van der Waals surface area contributed by atoms with Gasteiger partial charge < -0.3 is 9.72 Å². The molecule has 0 bridgehead atoms. The summed E-state index contributed by atoms with van der Waals surface area (Å²) < 4.78 is 57.7. The van der Waals surface area contributed by atoms with E-state index in [1.54, 1.807) is 6.92 Å². The van der Waals surface area contributed by atoms with Crippen molar-refractivity contribution in [3.8, 4) is 28.1 Å². The van der Waals surface area contributed by atoms with Crippen LogP contribution in [0.25, 0.3) is 33.4 Å². The highest BCUT2D eigenvalue weighted by Crippen LogP contribution is 2.44. The lowest BCUT2D eigenvalue weighted by atomic mass is 9.99. The molecule has 0 aliphatic heterocycles. The van der Waals surface area contributed by atoms with Crippen LogP contribution in [0.1, 0.15) is 16.7 Å². The van der Waals surface area contributed by atoms with Gasteiger partial charge in [0, 0.05) is 17.3 Å². The minimum absolute atomic E-state index is 0.0755. The number of pyridine rings is 1. The Labute approximate surface area is 212 Å². The maximum absolute atomic E-state index is 14.2. The SMILES string of the molecule is Cc1c(OCC(F)(F)F)ccnc1-c1ccc2c(c1[S@@](=O)c1nc3ccccc3[nH]1)Cc1ccccc1-2. The molecule has 37 heavy (non-hydrogen) atoms. The molecule has 1 N–H and O–H groups in total. The number of hydrogen-bond acceptors (Lipinski definition) is 4. The molecule has 2 aromatic heterocycles. The number of ether oxygens (including phenoxy) is 1. The van der Waals surface area contributed by atoms with Crippen molar-refractivity contribution in [2.75, 3.05) is 6.61 Å². The van der Waals surface area contributed by atoms with Crippen LogP contribution >= 0.6 is 0 Å². The number of rotatable bonds is 5. The molecule has 3 aromatic carbocycles. The van der Waals surface area contributed by atoms with Gasteiger partial charge in [-0.2, -0.15) is 13.2 Å². The molecule has 1 aliphatic carbocycles. The van der Waals surface area contributed by atoms with E-state index in [2.05, 4.69) is 15.0 Å². The molecule has 5 nitrogen and oxygen atoms in total. The van der Waals surface area contributed by atoms with Gasteiger partial charge in [0.15, 0.2) is 6.61 Å². The largest absolute Gasteiger partial charge is 0.484 e. The molecule has 1 atom stereocenters. The maximum Gasteiger partial charge on any atom is 0.422 e. The molecule has 9 heteroatoms. The highest BCUT2D eigenvalue weighted by molar-refractivity contribution is 7.85. The van der Waals surface area contributed by atoms with Gasteiger partial charge in [-0.1, -0.05) is 48.5 Å². The number of para-hydroxylation sites is 2. The van der Waals surface area contributed by atoms with E-state index >= 15 is 0 Å². The third kappa shape index (κ3) is 4.19. The molecule has 186 valence electrons. The number of hydrogen-bond donors (Lipinski definition) is 1. The van der Waals surface area contributed by atoms with Crippen molar-refractivity contribution in [3.05, 3.63) is 89.6 Å². The Morgan fingerprint density at radius 2 is 1.73 bits per heavy atom. The van der Waals surface area contributed by atoms with E-state index in [1.807, 2.05) is 60.7 Å². The minimum Gasteiger partial charge on any atom is -0.484 e. The summed E-state index contributed by atoms with van der Waals surface area (Å²) in [7, 11) is -1.72. The second kappa shape index (κ2) is 8.85. The van der Waals surface area contributed by atoms with Gasteiger partial charge >= 0.3 is 6.18 Å². The van der Waals surface area contributed by atoms with E-state index in [4.69, 9.17) is 4.74 Å². The maximum atomic E-state index is 14.2. The molecule has 5 aromatic rings. The predicted octanol–water partition coefficient (Wildman–Crippen LogP) is 6.61. The minimum atomic E-state index is -4.47. The summed E-state index contributed by atoms with van der Waals surface area (Å²) in [5.74, 6) is 0.0755. The fourth-order valence-corrected chi connectivity index (χ4v) is 6.15. The Morgan fingerprint density at radius 3 is 2.54 bits per heavy atom. The molecule has 1 aliphatic rings. The number of halogens is 3. The third-order valence-corrected chi connectivity index (χ3v) is 7.85. The summed E-state index contributed by atoms with van der Waals surface area (Å²) >= 11 is 0. The quantitative estimate of drug-likeness (QED) is 0.278. The van der Waals surface area contributed by atoms with Crippen molar-refractivity contribution < 1.29 is 22.1 Å². The molecule has 0 fully saturated rings. The van der Waals surface area contributed by atoms with Crippen molar-refractivity contribution in [2.24, 2.45) is 0 Å². The van der Waals surface area contributed by atoms with Crippen molar-refractivity contribution >= 4 is 21.8 Å². The van der Waals surface area contributed by atoms with Crippen LogP contribution in [-0.4, -0.2) is 31.9 Å². The van der Waals surface area contributed by atoms with E-state index in [1.165, 1.54) is 12.3 Å². The first-order chi connectivity index (χ1) is 17.8. The van der Waals surface area contributed by atoms with Crippen LogP contribution in [0.15, 0.2) is 83.0 Å².